The van der Waals surface area contributed by atoms with Crippen molar-refractivity contribution in [2.45, 2.75) is 25.7 Å². The molecule has 0 bridgehead atoms. The van der Waals surface area contributed by atoms with Crippen LogP contribution in [0.25, 0.3) is 0 Å². The van der Waals surface area contributed by atoms with E-state index in [-0.39, 0.29) is 0 Å². The molecule has 0 spiro atoms. The van der Waals surface area contributed by atoms with Crippen LogP contribution in [0.15, 0.2) is 0 Å². The number of hydrogen-bond acceptors (Lipinski definition) is 13. The first kappa shape index (κ1) is 40.6. The van der Waals surface area contributed by atoms with Gasteiger partial charge in [0.1, 0.15) is 0 Å². The van der Waals surface area contributed by atoms with Crippen molar-refractivity contribution in [2.75, 3.05) is 145 Å². The molecule has 0 aromatic heterocycles. The Bertz CT molecular complexity index is 372. The van der Waals surface area contributed by atoms with E-state index in [2.05, 4.69) is 0 Å². The standard InChI is InChI=1S/C14H32N2O5.C12H28N2O4/c15-3-1-5-17-7-9-19-11-13-21-14-12-20-10-8-18-6-2-4-16;13-3-1-5-15-7-9-17-11-12-18-10-8-16-6-2-4-14/h1-16H2;1-14H2. The number of ether oxygens (including phenoxy) is 9. The lowest BCUT2D eigenvalue weighted by atomic mass is 10.5. The topological polar surface area (TPSA) is 187 Å². The van der Waals surface area contributed by atoms with E-state index >= 15 is 0 Å². The first-order valence-electron chi connectivity index (χ1n) is 14.3. The van der Waals surface area contributed by atoms with E-state index in [4.69, 9.17) is 65.6 Å². The van der Waals surface area contributed by atoms with Crippen LogP contribution in [-0.2, 0) is 42.6 Å². The van der Waals surface area contributed by atoms with Crippen LogP contribution in [0.1, 0.15) is 25.7 Å². The maximum atomic E-state index is 5.36. The minimum Gasteiger partial charge on any atom is -0.379 e. The van der Waals surface area contributed by atoms with Crippen molar-refractivity contribution < 1.29 is 42.6 Å². The third kappa shape index (κ3) is 44.7. The molecule has 39 heavy (non-hydrogen) atoms. The van der Waals surface area contributed by atoms with Crippen molar-refractivity contribution in [1.29, 1.82) is 0 Å². The van der Waals surface area contributed by atoms with Gasteiger partial charge in [-0.25, -0.2) is 0 Å². The third-order valence-electron chi connectivity index (χ3n) is 4.58. The lowest BCUT2D eigenvalue weighted by molar-refractivity contribution is -0.0110. The minimum atomic E-state index is 0.569. The molecule has 0 unspecified atom stereocenters. The summed E-state index contributed by atoms with van der Waals surface area (Å²) >= 11 is 0. The molecule has 0 aliphatic carbocycles. The maximum Gasteiger partial charge on any atom is 0.0701 e. The highest BCUT2D eigenvalue weighted by Gasteiger charge is 1.94. The Morgan fingerprint density at radius 3 is 0.462 bits per heavy atom. The molecule has 238 valence electrons. The lowest BCUT2D eigenvalue weighted by Gasteiger charge is -2.07. The van der Waals surface area contributed by atoms with Crippen LogP contribution in [0.3, 0.4) is 0 Å². The number of nitrogens with two attached hydrogens (primary N) is 4. The highest BCUT2D eigenvalue weighted by atomic mass is 16.6. The fourth-order valence-electron chi connectivity index (χ4n) is 2.49. The zero-order chi connectivity index (χ0) is 28.7. The summed E-state index contributed by atoms with van der Waals surface area (Å²) in [5.41, 5.74) is 21.4. The molecule has 0 fully saturated rings. The van der Waals surface area contributed by atoms with Gasteiger partial charge in [-0.1, -0.05) is 0 Å². The normalized spacial score (nSPS) is 11.1. The van der Waals surface area contributed by atoms with Crippen LogP contribution in [0.2, 0.25) is 0 Å². The van der Waals surface area contributed by atoms with Gasteiger partial charge in [0.2, 0.25) is 0 Å². The van der Waals surface area contributed by atoms with Gasteiger partial charge in [0.15, 0.2) is 0 Å². The largest absolute Gasteiger partial charge is 0.379 e. The van der Waals surface area contributed by atoms with Crippen molar-refractivity contribution in [1.82, 2.24) is 0 Å². The predicted octanol–water partition coefficient (Wildman–Crippen LogP) is -0.483. The molecule has 0 aliphatic rings. The molecule has 13 heteroatoms. The van der Waals surface area contributed by atoms with Crippen LogP contribution in [0.5, 0.6) is 0 Å². The van der Waals surface area contributed by atoms with E-state index in [0.717, 1.165) is 25.7 Å². The molecule has 8 N–H and O–H groups in total. The van der Waals surface area contributed by atoms with Gasteiger partial charge in [-0.3, -0.25) is 0 Å². The van der Waals surface area contributed by atoms with Crippen molar-refractivity contribution >= 4 is 0 Å². The average molecular weight is 573 g/mol. The molecule has 0 aromatic rings. The van der Waals surface area contributed by atoms with E-state index in [1.165, 1.54) is 0 Å². The Morgan fingerprint density at radius 2 is 0.333 bits per heavy atom. The molecule has 0 radical (unpaired) electrons. The van der Waals surface area contributed by atoms with Crippen LogP contribution < -0.4 is 22.9 Å². The summed E-state index contributed by atoms with van der Waals surface area (Å²) in [5.74, 6) is 0. The molecule has 0 aliphatic heterocycles. The van der Waals surface area contributed by atoms with Crippen LogP contribution in [-0.4, -0.2) is 145 Å². The smallest absolute Gasteiger partial charge is 0.0701 e. The van der Waals surface area contributed by atoms with E-state index < -0.39 is 0 Å². The van der Waals surface area contributed by atoms with Gasteiger partial charge in [0.25, 0.3) is 0 Å². The average Bonchev–Trinajstić information content (AvgIpc) is 2.95. The van der Waals surface area contributed by atoms with Crippen molar-refractivity contribution in [3.8, 4) is 0 Å². The number of hydrogen-bond donors (Lipinski definition) is 4. The van der Waals surface area contributed by atoms with Crippen molar-refractivity contribution in [3.63, 3.8) is 0 Å². The van der Waals surface area contributed by atoms with Crippen LogP contribution in [0.4, 0.5) is 0 Å². The van der Waals surface area contributed by atoms with Gasteiger partial charge in [-0.15, -0.1) is 0 Å². The first-order valence-corrected chi connectivity index (χ1v) is 14.3. The SMILES string of the molecule is NCCCOCCOCCOCCOCCCN.NCCCOCCOCCOCCOCCOCCCN. The number of rotatable bonds is 33. The van der Waals surface area contributed by atoms with Gasteiger partial charge in [0, 0.05) is 26.4 Å². The highest BCUT2D eigenvalue weighted by Crippen LogP contribution is 1.86. The minimum absolute atomic E-state index is 0.569. The lowest BCUT2D eigenvalue weighted by Crippen LogP contribution is -2.14. The molecule has 0 aromatic carbocycles. The van der Waals surface area contributed by atoms with Crippen LogP contribution >= 0.6 is 0 Å². The monoisotopic (exact) mass is 572 g/mol. The summed E-state index contributed by atoms with van der Waals surface area (Å²) in [6.45, 7) is 13.7. The van der Waals surface area contributed by atoms with Crippen molar-refractivity contribution in [2.24, 2.45) is 22.9 Å². The Morgan fingerprint density at radius 1 is 0.205 bits per heavy atom. The summed E-state index contributed by atoms with van der Waals surface area (Å²) in [7, 11) is 0. The zero-order valence-corrected chi connectivity index (χ0v) is 24.4. The Labute approximate surface area is 236 Å². The van der Waals surface area contributed by atoms with E-state index in [1.54, 1.807) is 0 Å². The Hall–Kier alpha value is -0.520. The molecule has 0 atom stereocenters. The quantitative estimate of drug-likeness (QED) is 0.0739. The molecule has 0 heterocycles. The van der Waals surface area contributed by atoms with Gasteiger partial charge >= 0.3 is 0 Å². The molecular weight excluding hydrogens is 512 g/mol. The fraction of sp³-hybridized carbons (Fsp3) is 1.00. The van der Waals surface area contributed by atoms with Crippen LogP contribution in [0, 0.1) is 0 Å². The zero-order valence-electron chi connectivity index (χ0n) is 24.4. The molecule has 0 saturated carbocycles. The van der Waals surface area contributed by atoms with E-state index in [0.29, 0.717) is 145 Å². The summed E-state index contributed by atoms with van der Waals surface area (Å²) in [6.07, 6.45) is 3.57. The second-order valence-corrected chi connectivity index (χ2v) is 8.08. The Balaban J connectivity index is 0. The van der Waals surface area contributed by atoms with Gasteiger partial charge < -0.3 is 65.6 Å². The van der Waals surface area contributed by atoms with Gasteiger partial charge in [-0.05, 0) is 51.9 Å². The summed E-state index contributed by atoms with van der Waals surface area (Å²) in [6, 6.07) is 0. The summed E-state index contributed by atoms with van der Waals surface area (Å²) < 4.78 is 47.8. The van der Waals surface area contributed by atoms with E-state index in [1.807, 2.05) is 0 Å². The van der Waals surface area contributed by atoms with Gasteiger partial charge in [0.05, 0.1) is 92.5 Å². The molecular formula is C26H60N4O9. The molecule has 0 amide bonds. The highest BCUT2D eigenvalue weighted by molar-refractivity contribution is 4.40. The van der Waals surface area contributed by atoms with Gasteiger partial charge in [-0.2, -0.15) is 0 Å². The van der Waals surface area contributed by atoms with Crippen molar-refractivity contribution in [3.05, 3.63) is 0 Å². The summed E-state index contributed by atoms with van der Waals surface area (Å²) in [4.78, 5) is 0. The predicted molar refractivity (Wildman–Crippen MR) is 152 cm³/mol. The second-order valence-electron chi connectivity index (χ2n) is 8.08. The first-order chi connectivity index (χ1) is 19.3. The molecule has 0 saturated heterocycles. The third-order valence-corrected chi connectivity index (χ3v) is 4.58. The fourth-order valence-corrected chi connectivity index (χ4v) is 2.49. The maximum absolute atomic E-state index is 5.36. The summed E-state index contributed by atoms with van der Waals surface area (Å²) in [5, 5.41) is 0. The molecule has 0 rings (SSSR count). The second kappa shape index (κ2) is 42.0. The Kier molecular flexibility index (Phi) is 43.7. The molecule has 13 nitrogen and oxygen atoms in total. The van der Waals surface area contributed by atoms with E-state index in [9.17, 15) is 0 Å².